The van der Waals surface area contributed by atoms with Gasteiger partial charge in [0.2, 0.25) is 0 Å². The Morgan fingerprint density at radius 2 is 2.33 bits per heavy atom. The third-order valence-corrected chi connectivity index (χ3v) is 5.51. The van der Waals surface area contributed by atoms with E-state index in [4.69, 9.17) is 11.6 Å². The first-order chi connectivity index (χ1) is 11.5. The normalized spacial score (nSPS) is 21.1. The van der Waals surface area contributed by atoms with Gasteiger partial charge in [0.15, 0.2) is 0 Å². The maximum atomic E-state index is 12.6. The lowest BCUT2D eigenvalue weighted by molar-refractivity contribution is 0.0959. The van der Waals surface area contributed by atoms with Crippen LogP contribution in [0.25, 0.3) is 10.9 Å². The molecule has 1 aliphatic heterocycles. The largest absolute Gasteiger partial charge is 0.391 e. The number of piperidine rings is 1. The second kappa shape index (κ2) is 7.35. The van der Waals surface area contributed by atoms with E-state index in [1.165, 1.54) is 10.9 Å². The number of nitrogens with one attached hydrogen (secondary N) is 1. The van der Waals surface area contributed by atoms with E-state index >= 15 is 0 Å². The molecule has 0 spiro atoms. The molecule has 1 saturated heterocycles. The van der Waals surface area contributed by atoms with Gasteiger partial charge < -0.3 is 10.4 Å². The number of nitrogens with zero attached hydrogens (tertiary/aromatic N) is 2. The fourth-order valence-corrected chi connectivity index (χ4v) is 3.52. The number of aliphatic hydroxyl groups is 1. The van der Waals surface area contributed by atoms with Gasteiger partial charge in [0.1, 0.15) is 0 Å². The van der Waals surface area contributed by atoms with Gasteiger partial charge in [0.25, 0.3) is 5.56 Å². The van der Waals surface area contributed by atoms with Crippen molar-refractivity contribution in [1.29, 1.82) is 0 Å². The van der Waals surface area contributed by atoms with Crippen molar-refractivity contribution in [3.63, 3.8) is 0 Å². The monoisotopic (exact) mass is 411 g/mol. The molecular formula is C17H19BrClN3O2. The number of rotatable bonds is 4. The van der Waals surface area contributed by atoms with Gasteiger partial charge in [0, 0.05) is 17.1 Å². The van der Waals surface area contributed by atoms with Gasteiger partial charge in [-0.2, -0.15) is 0 Å². The summed E-state index contributed by atoms with van der Waals surface area (Å²) in [6.45, 7) is 5.34. The number of hydrogen-bond acceptors (Lipinski definition) is 4. The Morgan fingerprint density at radius 3 is 3.08 bits per heavy atom. The van der Waals surface area contributed by atoms with Crippen LogP contribution < -0.4 is 10.9 Å². The smallest absolute Gasteiger partial charge is 0.261 e. The van der Waals surface area contributed by atoms with Gasteiger partial charge in [-0.1, -0.05) is 23.8 Å². The highest BCUT2D eigenvalue weighted by molar-refractivity contribution is 9.10. The molecule has 0 aliphatic carbocycles. The summed E-state index contributed by atoms with van der Waals surface area (Å²) in [5.74, 6) is 0. The Labute approximate surface area is 153 Å². The van der Waals surface area contributed by atoms with Crippen molar-refractivity contribution in [2.24, 2.45) is 0 Å². The highest BCUT2D eigenvalue weighted by atomic mass is 79.9. The average Bonchev–Trinajstić information content (AvgIpc) is 2.54. The summed E-state index contributed by atoms with van der Waals surface area (Å²) in [6.07, 6.45) is 3.58. The summed E-state index contributed by atoms with van der Waals surface area (Å²) in [5.41, 5.74) is 1.33. The molecular weight excluding hydrogens is 394 g/mol. The summed E-state index contributed by atoms with van der Waals surface area (Å²) >= 11 is 9.42. The van der Waals surface area contributed by atoms with Crippen LogP contribution in [-0.2, 0) is 6.54 Å². The Kier molecular flexibility index (Phi) is 5.39. The second-order valence-corrected chi connectivity index (χ2v) is 7.45. The van der Waals surface area contributed by atoms with Crippen molar-refractivity contribution in [1.82, 2.24) is 14.9 Å². The number of aromatic nitrogens is 2. The van der Waals surface area contributed by atoms with Gasteiger partial charge >= 0.3 is 0 Å². The number of aliphatic hydroxyl groups excluding tert-OH is 1. The lowest BCUT2D eigenvalue weighted by atomic mass is 9.95. The summed E-state index contributed by atoms with van der Waals surface area (Å²) < 4.78 is 2.24. The van der Waals surface area contributed by atoms with Crippen LogP contribution in [-0.4, -0.2) is 33.3 Å². The maximum absolute atomic E-state index is 12.6. The third-order valence-electron chi connectivity index (χ3n) is 4.32. The van der Waals surface area contributed by atoms with E-state index in [9.17, 15) is 9.90 Å². The summed E-state index contributed by atoms with van der Waals surface area (Å²) in [6, 6.07) is 3.36. The summed E-state index contributed by atoms with van der Waals surface area (Å²) in [7, 11) is 0. The van der Waals surface area contributed by atoms with Crippen molar-refractivity contribution in [3.8, 4) is 0 Å². The molecule has 0 bridgehead atoms. The molecule has 3 rings (SSSR count). The molecule has 2 aromatic rings. The van der Waals surface area contributed by atoms with E-state index in [2.05, 4.69) is 32.8 Å². The standard InChI is InChI=1S/C17H19BrClN3O2/c1-10(5-15-16(23)3-2-4-20-15)8-22-9-21-14-7-12(18)13(19)6-11(14)17(22)24/h6-7,9,15-16,20,23H,1-5,8H2. The topological polar surface area (TPSA) is 67.2 Å². The predicted molar refractivity (Wildman–Crippen MR) is 99.5 cm³/mol. The minimum Gasteiger partial charge on any atom is -0.391 e. The summed E-state index contributed by atoms with van der Waals surface area (Å²) in [4.78, 5) is 17.0. The zero-order valence-corrected chi connectivity index (χ0v) is 15.5. The van der Waals surface area contributed by atoms with E-state index in [-0.39, 0.29) is 17.7 Å². The number of halogens is 2. The van der Waals surface area contributed by atoms with Crippen LogP contribution in [0.1, 0.15) is 19.3 Å². The lowest BCUT2D eigenvalue weighted by Gasteiger charge is -2.29. The van der Waals surface area contributed by atoms with Gasteiger partial charge in [-0.25, -0.2) is 4.98 Å². The number of hydrogen-bond donors (Lipinski definition) is 2. The zero-order chi connectivity index (χ0) is 17.3. The van der Waals surface area contributed by atoms with E-state index < -0.39 is 0 Å². The highest BCUT2D eigenvalue weighted by Crippen LogP contribution is 2.25. The molecule has 1 aromatic heterocycles. The van der Waals surface area contributed by atoms with Crippen LogP contribution in [0.2, 0.25) is 5.02 Å². The Morgan fingerprint density at radius 1 is 1.54 bits per heavy atom. The van der Waals surface area contributed by atoms with Gasteiger partial charge in [-0.05, 0) is 53.9 Å². The molecule has 1 aromatic carbocycles. The van der Waals surface area contributed by atoms with Crippen LogP contribution in [0.3, 0.4) is 0 Å². The predicted octanol–water partition coefficient (Wildman–Crippen LogP) is 2.87. The van der Waals surface area contributed by atoms with Crippen LogP contribution >= 0.6 is 27.5 Å². The molecule has 0 saturated carbocycles. The molecule has 2 atom stereocenters. The van der Waals surface area contributed by atoms with Crippen molar-refractivity contribution in [2.45, 2.75) is 38.0 Å². The first-order valence-corrected chi connectivity index (χ1v) is 9.05. The second-order valence-electron chi connectivity index (χ2n) is 6.19. The number of fused-ring (bicyclic) bond motifs is 1. The van der Waals surface area contributed by atoms with Crippen molar-refractivity contribution < 1.29 is 5.11 Å². The Balaban J connectivity index is 1.79. The molecule has 2 unspecified atom stereocenters. The molecule has 128 valence electrons. The minimum absolute atomic E-state index is 0.000711. The van der Waals surface area contributed by atoms with E-state index in [0.717, 1.165) is 25.0 Å². The first-order valence-electron chi connectivity index (χ1n) is 7.88. The minimum atomic E-state index is -0.363. The van der Waals surface area contributed by atoms with E-state index in [1.54, 1.807) is 12.1 Å². The molecule has 2 N–H and O–H groups in total. The molecule has 24 heavy (non-hydrogen) atoms. The highest BCUT2D eigenvalue weighted by Gasteiger charge is 2.23. The van der Waals surface area contributed by atoms with Crippen LogP contribution in [0.4, 0.5) is 0 Å². The first kappa shape index (κ1) is 17.6. The summed E-state index contributed by atoms with van der Waals surface area (Å²) in [5, 5.41) is 14.3. The van der Waals surface area contributed by atoms with Crippen LogP contribution in [0.15, 0.2) is 39.9 Å². The maximum Gasteiger partial charge on any atom is 0.261 e. The van der Waals surface area contributed by atoms with E-state index in [1.807, 2.05) is 0 Å². The lowest BCUT2D eigenvalue weighted by Crippen LogP contribution is -2.45. The molecule has 0 amide bonds. The van der Waals surface area contributed by atoms with Gasteiger partial charge in [-0.3, -0.25) is 9.36 Å². The van der Waals surface area contributed by atoms with Crippen LogP contribution in [0.5, 0.6) is 0 Å². The van der Waals surface area contributed by atoms with Crippen molar-refractivity contribution in [3.05, 3.63) is 50.5 Å². The zero-order valence-electron chi connectivity index (χ0n) is 13.1. The van der Waals surface area contributed by atoms with E-state index in [0.29, 0.717) is 33.4 Å². The fourth-order valence-electron chi connectivity index (χ4n) is 3.03. The van der Waals surface area contributed by atoms with Crippen molar-refractivity contribution >= 4 is 38.4 Å². The third kappa shape index (κ3) is 3.72. The molecule has 0 radical (unpaired) electrons. The van der Waals surface area contributed by atoms with Crippen LogP contribution in [0, 0.1) is 0 Å². The van der Waals surface area contributed by atoms with Gasteiger partial charge in [-0.15, -0.1) is 0 Å². The fraction of sp³-hybridized carbons (Fsp3) is 0.412. The van der Waals surface area contributed by atoms with Gasteiger partial charge in [0.05, 0.1) is 28.4 Å². The molecule has 5 nitrogen and oxygen atoms in total. The van der Waals surface area contributed by atoms with Crippen molar-refractivity contribution in [2.75, 3.05) is 6.54 Å². The number of benzene rings is 1. The molecule has 1 aliphatic rings. The molecule has 2 heterocycles. The Hall–Kier alpha value is -1.21. The molecule has 7 heteroatoms. The SMILES string of the molecule is C=C(CC1NCCCC1O)Cn1cnc2cc(Br)c(Cl)cc2c1=O. The quantitative estimate of drug-likeness (QED) is 0.758. The molecule has 1 fully saturated rings. The average molecular weight is 413 g/mol. The Bertz CT molecular complexity index is 836.